The summed E-state index contributed by atoms with van der Waals surface area (Å²) in [6, 6.07) is 19.5. The normalized spacial score (nSPS) is 17.3. The highest BCUT2D eigenvalue weighted by Gasteiger charge is 2.41. The van der Waals surface area contributed by atoms with Crippen LogP contribution in [0.5, 0.6) is 0 Å². The molecular formula is C91H63N5Si. The zero-order valence-electron chi connectivity index (χ0n) is 87.5. The van der Waals surface area contributed by atoms with Gasteiger partial charge in [0.15, 0.2) is 8.07 Å². The van der Waals surface area contributed by atoms with Crippen molar-refractivity contribution in [1.29, 1.82) is 0 Å². The topological polar surface area (TPSA) is 24.6 Å². The Morgan fingerprint density at radius 1 is 0.237 bits per heavy atom. The Bertz CT molecular complexity index is 8460. The lowest BCUT2D eigenvalue weighted by Gasteiger charge is -2.34. The van der Waals surface area contributed by atoms with Gasteiger partial charge in [0.25, 0.3) is 0 Å². The number of aryl methyl sites for hydroxylation is 1. The molecule has 5 nitrogen and oxygen atoms in total. The fraction of sp³-hybridized carbons (Fsp3) is 0.0110. The predicted molar refractivity (Wildman–Crippen MR) is 413 cm³/mol. The van der Waals surface area contributed by atoms with E-state index in [0.29, 0.717) is 5.69 Å². The summed E-state index contributed by atoms with van der Waals surface area (Å²) >= 11 is 0. The molecule has 6 heteroatoms. The minimum Gasteiger partial charge on any atom is -0.309 e. The van der Waals surface area contributed by atoms with Crippen LogP contribution in [0.25, 0.3) is 137 Å². The number of nitrogens with zero attached hydrogens (tertiary/aromatic N) is 5. The van der Waals surface area contributed by atoms with E-state index in [1.807, 2.05) is 72.8 Å². The molecule has 0 saturated carbocycles. The van der Waals surface area contributed by atoms with Crippen LogP contribution in [0.4, 0.5) is 0 Å². The van der Waals surface area contributed by atoms with Crippen molar-refractivity contribution < 1.29 is 50.7 Å². The van der Waals surface area contributed by atoms with E-state index in [0.717, 1.165) is 29.9 Å². The lowest BCUT2D eigenvalue weighted by molar-refractivity contribution is 1.09. The highest BCUT2D eigenvalue weighted by molar-refractivity contribution is 7.20. The van der Waals surface area contributed by atoms with Gasteiger partial charge in [-0.25, -0.2) is 0 Å². The second-order valence-electron chi connectivity index (χ2n) is 22.7. The molecule has 0 unspecified atom stereocenters. The van der Waals surface area contributed by atoms with Gasteiger partial charge in [-0.05, 0) is 142 Å². The number of hydrogen-bond acceptors (Lipinski definition) is 0. The van der Waals surface area contributed by atoms with Crippen LogP contribution in [0, 0.1) is 6.92 Å². The fourth-order valence-electron chi connectivity index (χ4n) is 13.8. The molecule has 0 aliphatic carbocycles. The third-order valence-electron chi connectivity index (χ3n) is 17.7. The van der Waals surface area contributed by atoms with Crippen molar-refractivity contribution in [1.82, 2.24) is 22.8 Å². The van der Waals surface area contributed by atoms with Gasteiger partial charge in [0.2, 0.25) is 0 Å². The van der Waals surface area contributed by atoms with Crippen LogP contribution in [0.3, 0.4) is 0 Å². The average molecular weight is 1290 g/mol. The van der Waals surface area contributed by atoms with Crippen molar-refractivity contribution in [2.75, 3.05) is 0 Å². The zero-order valence-corrected chi connectivity index (χ0v) is 51.5. The van der Waals surface area contributed by atoms with E-state index >= 15 is 0 Å². The fourth-order valence-corrected chi connectivity index (χ4v) is 18.6. The van der Waals surface area contributed by atoms with Crippen LogP contribution in [-0.2, 0) is 0 Å². The lowest BCUT2D eigenvalue weighted by atomic mass is 10.1. The van der Waals surface area contributed by atoms with E-state index in [9.17, 15) is 16.4 Å². The predicted octanol–water partition coefficient (Wildman–Crippen LogP) is 20.5. The van der Waals surface area contributed by atoms with Gasteiger partial charge in [-0.3, -0.25) is 0 Å². The molecule has 0 radical (unpaired) electrons. The van der Waals surface area contributed by atoms with Crippen LogP contribution in [0.15, 0.2) is 363 Å². The molecule has 0 atom stereocenters. The third kappa shape index (κ3) is 8.63. The molecule has 0 N–H and O–H groups in total. The second-order valence-corrected chi connectivity index (χ2v) is 26.6. The maximum absolute atomic E-state index is 10.0. The average Bonchev–Trinajstić information content (AvgIpc) is 1.53. The maximum Gasteiger partial charge on any atom is 0.179 e. The maximum atomic E-state index is 10.0. The minimum absolute atomic E-state index is 0.0234. The largest absolute Gasteiger partial charge is 0.309 e. The monoisotopic (exact) mass is 1290 g/mol. The summed E-state index contributed by atoms with van der Waals surface area (Å²) in [5.74, 6) is 0. The minimum atomic E-state index is -3.21. The van der Waals surface area contributed by atoms with Crippen LogP contribution < -0.4 is 20.7 Å². The molecule has 0 bridgehead atoms. The summed E-state index contributed by atoms with van der Waals surface area (Å²) in [7, 11) is -3.21. The molecule has 20 rings (SSSR count). The SMILES string of the molecule is [2H]c1c([2H])c([2H])c2c(c1[2H])c1c([2H])c(-n3c4c([2H])c([2H])c([2H])c([2H])c4c4c([2H])c([2H])c([2H])c([2H])c43)c([2H])c([2H])c1n2-c1cccc([Si](c2ccccc2)(c2ccccc2)c2ccccc2)c1.[2H]c1c([2H])c([2H])c2c(c1[2H])c1c([2H])c(-n3c4c([2H])c([2H])c([2H])c([2H])c4c4c([2H])c([2H])c([2H])c([2H])c43)c([2H])c([2H])c1n2-c1ccccc1-n1c2c([2H])c([2H])c([2H])c([2H])c2c2c(C)c([2H])c([2H])c([2H])c21. The van der Waals surface area contributed by atoms with Gasteiger partial charge in [0, 0.05) is 70.9 Å². The summed E-state index contributed by atoms with van der Waals surface area (Å²) in [5.41, 5.74) is -3.54. The van der Waals surface area contributed by atoms with E-state index in [1.165, 1.54) is 44.9 Å². The van der Waals surface area contributed by atoms with Crippen LogP contribution >= 0.6 is 0 Å². The molecule has 0 aliphatic heterocycles. The quantitative estimate of drug-likeness (QED) is 0.102. The Balaban J connectivity index is 0.000000172. The first-order chi connectivity index (χ1) is 63.5. The smallest absolute Gasteiger partial charge is 0.179 e. The molecule has 5 aromatic heterocycles. The van der Waals surface area contributed by atoms with Crippen LogP contribution in [0.2, 0.25) is 0 Å². The van der Waals surface area contributed by atoms with Gasteiger partial charge in [-0.1, -0.05) is 254 Å². The second kappa shape index (κ2) is 22.6. The van der Waals surface area contributed by atoms with Gasteiger partial charge in [0.05, 0.1) is 117 Å². The first kappa shape index (κ1) is 30.3. The van der Waals surface area contributed by atoms with Gasteiger partial charge >= 0.3 is 0 Å². The first-order valence-corrected chi connectivity index (χ1v) is 32.5. The first-order valence-electron chi connectivity index (χ1n) is 49.0. The Hall–Kier alpha value is -12.5. The number of benzene rings is 15. The molecule has 0 fully saturated rings. The van der Waals surface area contributed by atoms with E-state index < -0.39 is 248 Å². The van der Waals surface area contributed by atoms with Crippen molar-refractivity contribution in [3.8, 4) is 28.4 Å². The Morgan fingerprint density at radius 3 is 0.979 bits per heavy atom. The van der Waals surface area contributed by atoms with E-state index in [1.54, 1.807) is 6.07 Å². The van der Waals surface area contributed by atoms with Gasteiger partial charge in [-0.15, -0.1) is 0 Å². The molecule has 0 aliphatic rings. The van der Waals surface area contributed by atoms with E-state index in [2.05, 4.69) is 36.4 Å². The highest BCUT2D eigenvalue weighted by atomic mass is 28.3. The molecule has 97 heavy (non-hydrogen) atoms. The number of rotatable bonds is 9. The third-order valence-corrected chi connectivity index (χ3v) is 22.5. The van der Waals surface area contributed by atoms with Gasteiger partial charge in [-0.2, -0.15) is 0 Å². The molecule has 20 aromatic rings. The number of para-hydroxylation sites is 9. The summed E-state index contributed by atoms with van der Waals surface area (Å²) in [6.45, 7) is 1.48. The number of fused-ring (bicyclic) bond motifs is 15. The molecular weight excluding hydrogens is 1190 g/mol. The van der Waals surface area contributed by atoms with Crippen molar-refractivity contribution in [3.05, 3.63) is 369 Å². The molecule has 0 amide bonds. The Morgan fingerprint density at radius 2 is 0.546 bits per heavy atom. The Kier molecular flexibility index (Phi) is 7.07. The van der Waals surface area contributed by atoms with E-state index in [4.69, 9.17) is 34.3 Å². The zero-order chi connectivity index (χ0) is 96.3. The van der Waals surface area contributed by atoms with E-state index in [-0.39, 0.29) is 121 Å². The van der Waals surface area contributed by atoms with Gasteiger partial charge in [0.1, 0.15) is 0 Å². The van der Waals surface area contributed by atoms with Crippen molar-refractivity contribution in [2.45, 2.75) is 6.92 Å². The summed E-state index contributed by atoms with van der Waals surface area (Å²) < 4.78 is 339. The highest BCUT2D eigenvalue weighted by Crippen LogP contribution is 2.42. The summed E-state index contributed by atoms with van der Waals surface area (Å²) in [4.78, 5) is 0. The van der Waals surface area contributed by atoms with Crippen LogP contribution in [0.1, 0.15) is 56.3 Å². The number of aromatic nitrogens is 5. The van der Waals surface area contributed by atoms with Crippen molar-refractivity contribution in [3.63, 3.8) is 0 Å². The van der Waals surface area contributed by atoms with Crippen LogP contribution in [-0.4, -0.2) is 30.9 Å². The van der Waals surface area contributed by atoms with Gasteiger partial charge < -0.3 is 22.8 Å². The molecule has 0 spiro atoms. The molecule has 0 saturated heterocycles. The Labute approximate surface area is 614 Å². The summed E-state index contributed by atoms with van der Waals surface area (Å²) in [5, 5.41) is 1.65. The van der Waals surface area contributed by atoms with Crippen molar-refractivity contribution in [2.24, 2.45) is 0 Å². The molecule has 5 heterocycles. The lowest BCUT2D eigenvalue weighted by Crippen LogP contribution is -2.74. The molecule has 456 valence electrons. The summed E-state index contributed by atoms with van der Waals surface area (Å²) in [6.07, 6.45) is 0. The van der Waals surface area contributed by atoms with Crippen molar-refractivity contribution >= 4 is 138 Å². The molecule has 15 aromatic carbocycles. The standard InChI is InChI=1S/C48H34N2Si.C43H29N3/c1-4-18-37(19-5-1)51(38-20-6-2-7-21-38,39-22-8-3-9-23-39)40-24-16-17-35(33-40)49-47-30-15-12-27-43(47)44-34-36(31-32-48(44)49)50-45-28-13-10-25-41(45)42-26-11-14-29-46(42)50;1-28-13-12-24-42-43(28)33-17-5-9-21-38(33)46(42)41-23-11-10-22-40(41)45-37-20-8-4-16-32(37)34-27-29(25-26-39(34)45)44-35-18-6-2-14-30(35)31-15-3-7-19-36(31)44/h1-34H;2-27H,1H3/i10D,11D,12D,13D,14D,15D,25D,26D,27D,28D,29D,30D,31D,32D,34D;2D,3D,4D,5D,6D,7D,8D,9D,12D,13D,14D,15D,16D,17D,18D,19D,20D,21D,24D,25D,26D,27D. The number of hydrogen-bond donors (Lipinski definition) is 0.